The van der Waals surface area contributed by atoms with Crippen LogP contribution in [0.1, 0.15) is 31.1 Å². The fraction of sp³-hybridized carbons (Fsp3) is 0.360. The molecule has 1 heterocycles. The molecule has 11 nitrogen and oxygen atoms in total. The molecule has 5 atom stereocenters. The molecule has 1 saturated heterocycles. The van der Waals surface area contributed by atoms with E-state index in [2.05, 4.69) is 5.32 Å². The van der Waals surface area contributed by atoms with E-state index in [0.29, 0.717) is 5.56 Å². The van der Waals surface area contributed by atoms with Crippen LogP contribution in [0.25, 0.3) is 0 Å². The van der Waals surface area contributed by atoms with E-state index < -0.39 is 65.9 Å². The van der Waals surface area contributed by atoms with Gasteiger partial charge in [0.25, 0.3) is 5.91 Å². The summed E-state index contributed by atoms with van der Waals surface area (Å²) in [5, 5.41) is 2.66. The van der Waals surface area contributed by atoms with Crippen LogP contribution in [0.5, 0.6) is 0 Å². The highest BCUT2D eigenvalue weighted by molar-refractivity contribution is 6.17. The van der Waals surface area contributed by atoms with Gasteiger partial charge in [0, 0.05) is 38.5 Å². The maximum Gasteiger partial charge on any atom is 0.303 e. The standard InChI is InChI=1S/C25H25NO10/c1-13(27)33-22-20(12-26-25(32)16-7-5-4-6-8-16)36-21(18-11-17(30)9-10-19(18)31)23(34-14(2)28)24(22)35-15(3)29/h4-11,20-24H,12H2,1-3H3,(H,26,32)/t20-,21+,22-,23+,24+/m1/s1. The highest BCUT2D eigenvalue weighted by Gasteiger charge is 2.53. The molecule has 1 aromatic carbocycles. The number of esters is 3. The van der Waals surface area contributed by atoms with E-state index in [0.717, 1.165) is 39.0 Å². The predicted octanol–water partition coefficient (Wildman–Crippen LogP) is 0.613. The van der Waals surface area contributed by atoms with Crippen molar-refractivity contribution in [2.45, 2.75) is 51.3 Å². The molecule has 1 amide bonds. The van der Waals surface area contributed by atoms with Gasteiger partial charge in [-0.2, -0.15) is 0 Å². The normalized spacial score (nSPS) is 25.4. The Hall–Kier alpha value is -4.12. The highest BCUT2D eigenvalue weighted by Crippen LogP contribution is 2.33. The van der Waals surface area contributed by atoms with Crippen molar-refractivity contribution in [2.75, 3.05) is 6.54 Å². The Morgan fingerprint density at radius 3 is 2.03 bits per heavy atom. The van der Waals surface area contributed by atoms with Crippen LogP contribution < -0.4 is 5.32 Å². The Labute approximate surface area is 206 Å². The van der Waals surface area contributed by atoms with E-state index in [1.807, 2.05) is 0 Å². The van der Waals surface area contributed by atoms with E-state index in [-0.39, 0.29) is 12.1 Å². The molecule has 2 aliphatic rings. The van der Waals surface area contributed by atoms with Crippen molar-refractivity contribution in [3.05, 3.63) is 59.7 Å². The number of carbonyl (C=O) groups is 6. The van der Waals surface area contributed by atoms with Crippen LogP contribution in [-0.4, -0.2) is 72.4 Å². The molecular weight excluding hydrogens is 474 g/mol. The smallest absolute Gasteiger partial charge is 0.303 e. The Morgan fingerprint density at radius 2 is 1.42 bits per heavy atom. The zero-order valence-corrected chi connectivity index (χ0v) is 19.8. The molecule has 1 N–H and O–H groups in total. The van der Waals surface area contributed by atoms with Crippen molar-refractivity contribution in [1.29, 1.82) is 0 Å². The summed E-state index contributed by atoms with van der Waals surface area (Å²) in [5.74, 6) is -3.90. The van der Waals surface area contributed by atoms with Crippen LogP contribution in [0.2, 0.25) is 0 Å². The second kappa shape index (κ2) is 11.5. The summed E-state index contributed by atoms with van der Waals surface area (Å²) in [5.41, 5.74) is 0.204. The Balaban J connectivity index is 2.00. The molecule has 0 radical (unpaired) electrons. The number of allylic oxidation sites excluding steroid dienone is 3. The number of benzene rings is 1. The zero-order chi connectivity index (χ0) is 26.4. The average Bonchev–Trinajstić information content (AvgIpc) is 2.81. The Bertz CT molecular complexity index is 1120. The topological polar surface area (TPSA) is 151 Å². The number of ether oxygens (including phenoxy) is 4. The lowest BCUT2D eigenvalue weighted by Crippen LogP contribution is -2.64. The summed E-state index contributed by atoms with van der Waals surface area (Å²) in [4.78, 5) is 73.1. The SMILES string of the molecule is CC(=O)O[C@@H]1[C@@H](OC(C)=O)[C@H](C2=CC(=O)C=CC2=O)O[C@H](CNC(=O)c2ccccc2)[C@H]1OC(C)=O. The fourth-order valence-electron chi connectivity index (χ4n) is 3.94. The molecule has 0 saturated carbocycles. The molecule has 190 valence electrons. The highest BCUT2D eigenvalue weighted by atomic mass is 16.6. The second-order valence-electron chi connectivity index (χ2n) is 8.09. The largest absolute Gasteiger partial charge is 0.456 e. The van der Waals surface area contributed by atoms with Gasteiger partial charge in [-0.3, -0.25) is 28.8 Å². The monoisotopic (exact) mass is 499 g/mol. The molecule has 1 aliphatic carbocycles. The third-order valence-corrected chi connectivity index (χ3v) is 5.33. The first-order valence-corrected chi connectivity index (χ1v) is 11.0. The van der Waals surface area contributed by atoms with Crippen molar-refractivity contribution in [3.63, 3.8) is 0 Å². The van der Waals surface area contributed by atoms with Gasteiger partial charge in [0.1, 0.15) is 12.2 Å². The van der Waals surface area contributed by atoms with Gasteiger partial charge in [0.2, 0.25) is 0 Å². The van der Waals surface area contributed by atoms with E-state index in [1.54, 1.807) is 30.3 Å². The number of hydrogen-bond donors (Lipinski definition) is 1. The summed E-state index contributed by atoms with van der Waals surface area (Å²) in [6.45, 7) is 3.08. The lowest BCUT2D eigenvalue weighted by atomic mass is 9.86. The maximum absolute atomic E-state index is 12.6. The lowest BCUT2D eigenvalue weighted by Gasteiger charge is -2.45. The maximum atomic E-state index is 12.6. The van der Waals surface area contributed by atoms with Gasteiger partial charge in [-0.05, 0) is 30.4 Å². The molecule has 11 heteroatoms. The Kier molecular flexibility index (Phi) is 8.49. The first kappa shape index (κ1) is 26.5. The number of amides is 1. The van der Waals surface area contributed by atoms with E-state index in [1.165, 1.54) is 0 Å². The molecular formula is C25H25NO10. The number of carbonyl (C=O) groups excluding carboxylic acids is 6. The van der Waals surface area contributed by atoms with Gasteiger partial charge < -0.3 is 24.3 Å². The molecule has 0 aromatic heterocycles. The lowest BCUT2D eigenvalue weighted by molar-refractivity contribution is -0.239. The fourth-order valence-corrected chi connectivity index (χ4v) is 3.94. The van der Waals surface area contributed by atoms with E-state index >= 15 is 0 Å². The molecule has 1 aromatic rings. The van der Waals surface area contributed by atoms with Gasteiger partial charge in [-0.1, -0.05) is 18.2 Å². The summed E-state index contributed by atoms with van der Waals surface area (Å²) in [6.07, 6.45) is -3.57. The number of hydrogen-bond acceptors (Lipinski definition) is 10. The van der Waals surface area contributed by atoms with Gasteiger partial charge >= 0.3 is 17.9 Å². The van der Waals surface area contributed by atoms with Crippen molar-refractivity contribution >= 4 is 35.4 Å². The average molecular weight is 499 g/mol. The van der Waals surface area contributed by atoms with Crippen LogP contribution in [-0.2, 0) is 42.9 Å². The minimum atomic E-state index is -1.44. The van der Waals surface area contributed by atoms with Crippen LogP contribution in [0.3, 0.4) is 0 Å². The second-order valence-corrected chi connectivity index (χ2v) is 8.09. The molecule has 1 aliphatic heterocycles. The van der Waals surface area contributed by atoms with Gasteiger partial charge in [0.05, 0.1) is 0 Å². The number of rotatable bonds is 7. The predicted molar refractivity (Wildman–Crippen MR) is 121 cm³/mol. The first-order valence-electron chi connectivity index (χ1n) is 11.0. The zero-order valence-electron chi connectivity index (χ0n) is 19.8. The van der Waals surface area contributed by atoms with Crippen LogP contribution in [0.4, 0.5) is 0 Å². The summed E-state index contributed by atoms with van der Waals surface area (Å²) < 4.78 is 22.2. The molecule has 0 unspecified atom stereocenters. The third kappa shape index (κ3) is 6.51. The molecule has 1 fully saturated rings. The van der Waals surface area contributed by atoms with Crippen molar-refractivity contribution in [2.24, 2.45) is 0 Å². The van der Waals surface area contributed by atoms with Gasteiger partial charge in [0.15, 0.2) is 29.9 Å². The number of ketones is 2. The molecule has 3 rings (SSSR count). The van der Waals surface area contributed by atoms with E-state index in [4.69, 9.17) is 18.9 Å². The molecule has 0 spiro atoms. The first-order chi connectivity index (χ1) is 17.1. The minimum absolute atomic E-state index is 0.147. The summed E-state index contributed by atoms with van der Waals surface area (Å²) >= 11 is 0. The van der Waals surface area contributed by atoms with Crippen molar-refractivity contribution in [3.8, 4) is 0 Å². The van der Waals surface area contributed by atoms with Crippen LogP contribution >= 0.6 is 0 Å². The summed E-state index contributed by atoms with van der Waals surface area (Å²) in [7, 11) is 0. The molecule has 0 bridgehead atoms. The van der Waals surface area contributed by atoms with Crippen LogP contribution in [0.15, 0.2) is 54.1 Å². The van der Waals surface area contributed by atoms with E-state index in [9.17, 15) is 28.8 Å². The third-order valence-electron chi connectivity index (χ3n) is 5.33. The summed E-state index contributed by atoms with van der Waals surface area (Å²) in [6, 6.07) is 8.27. The van der Waals surface area contributed by atoms with Crippen LogP contribution in [0, 0.1) is 0 Å². The van der Waals surface area contributed by atoms with Crippen molar-refractivity contribution in [1.82, 2.24) is 5.32 Å². The van der Waals surface area contributed by atoms with Crippen molar-refractivity contribution < 1.29 is 47.7 Å². The quantitative estimate of drug-likeness (QED) is 0.321. The van der Waals surface area contributed by atoms with Gasteiger partial charge in [-0.15, -0.1) is 0 Å². The minimum Gasteiger partial charge on any atom is -0.456 e. The molecule has 36 heavy (non-hydrogen) atoms. The van der Waals surface area contributed by atoms with Gasteiger partial charge in [-0.25, -0.2) is 0 Å². The Morgan fingerprint density at radius 1 is 0.833 bits per heavy atom. The number of nitrogens with one attached hydrogen (secondary N) is 1.